The first-order chi connectivity index (χ1) is 20.4. The van der Waals surface area contributed by atoms with E-state index in [1.165, 1.54) is 22.3 Å². The highest BCUT2D eigenvalue weighted by molar-refractivity contribution is 6.04. The maximum atomic E-state index is 13.2. The van der Waals surface area contributed by atoms with Gasteiger partial charge in [0.05, 0.1) is 19.4 Å². The molecule has 4 aliphatic rings. The van der Waals surface area contributed by atoms with Crippen LogP contribution in [0.3, 0.4) is 0 Å². The largest absolute Gasteiger partial charge is 0.481 e. The Morgan fingerprint density at radius 1 is 1.17 bits per heavy atom. The number of methoxy groups -OCH3 is 1. The number of Topliss-reactive ketones (excluding diaryl/α,β-unsaturated/α-hetero) is 1. The minimum absolute atomic E-state index is 0.0508. The van der Waals surface area contributed by atoms with E-state index in [4.69, 9.17) is 14.5 Å². The number of rotatable bonds is 7. The Labute approximate surface area is 248 Å². The van der Waals surface area contributed by atoms with E-state index < -0.39 is 0 Å². The molecule has 5 nitrogen and oxygen atoms in total. The van der Waals surface area contributed by atoms with E-state index in [9.17, 15) is 9.59 Å². The molecule has 0 amide bonds. The highest BCUT2D eigenvalue weighted by atomic mass is 16.5. The minimum Gasteiger partial charge on any atom is -0.481 e. The third-order valence-corrected chi connectivity index (χ3v) is 9.31. The molecule has 0 radical (unpaired) electrons. The van der Waals surface area contributed by atoms with Gasteiger partial charge in [0.1, 0.15) is 0 Å². The molecule has 6 rings (SSSR count). The molecular weight excluding hydrogens is 522 g/mol. The molecule has 1 aromatic carbocycles. The number of benzene rings is 1. The van der Waals surface area contributed by atoms with Gasteiger partial charge in [-0.3, -0.25) is 9.59 Å². The lowest BCUT2D eigenvalue weighted by molar-refractivity contribution is -0.118. The lowest BCUT2D eigenvalue weighted by atomic mass is 9.74. The van der Waals surface area contributed by atoms with Crippen molar-refractivity contribution in [2.45, 2.75) is 63.7 Å². The molecule has 2 atom stereocenters. The molecule has 2 fully saturated rings. The summed E-state index contributed by atoms with van der Waals surface area (Å²) < 4.78 is 10.8. The molecule has 3 aliphatic carbocycles. The number of nitrogens with zero attached hydrogens (tertiary/aromatic N) is 1. The normalized spacial score (nSPS) is 24.0. The summed E-state index contributed by atoms with van der Waals surface area (Å²) in [6, 6.07) is 12.6. The number of carbonyl (C=O) groups excluding carboxylic acids is 2. The Morgan fingerprint density at radius 3 is 2.74 bits per heavy atom. The van der Waals surface area contributed by atoms with Crippen LogP contribution in [0.2, 0.25) is 0 Å². The molecule has 216 valence electrons. The lowest BCUT2D eigenvalue weighted by Gasteiger charge is -2.30. The molecule has 0 spiro atoms. The molecule has 2 heterocycles. The number of aryl methyl sites for hydroxylation is 1. The molecule has 2 unspecified atom stereocenters. The Kier molecular flexibility index (Phi) is 8.21. The number of pyridine rings is 1. The SMILES string of the molecule is C=C1C(Cc2ccc(C3CCC(=CC(=O)C4CCOC4)CC3)c(C)c2)=C2C(=O)CC=CC2=CC1c1cccc(OC)n1. The fourth-order valence-electron chi connectivity index (χ4n) is 6.96. The van der Waals surface area contributed by atoms with Crippen LogP contribution in [0, 0.1) is 12.8 Å². The molecule has 1 saturated carbocycles. The van der Waals surface area contributed by atoms with Crippen LogP contribution in [-0.2, 0) is 20.7 Å². The summed E-state index contributed by atoms with van der Waals surface area (Å²) in [6.07, 6.45) is 14.0. The first-order valence-corrected chi connectivity index (χ1v) is 15.2. The van der Waals surface area contributed by atoms with Crippen LogP contribution in [0.4, 0.5) is 0 Å². The number of ether oxygens (including phenoxy) is 2. The molecule has 0 bridgehead atoms. The van der Waals surface area contributed by atoms with Crippen LogP contribution < -0.4 is 4.74 Å². The zero-order chi connectivity index (χ0) is 29.2. The summed E-state index contributed by atoms with van der Waals surface area (Å²) in [4.78, 5) is 30.4. The molecule has 0 N–H and O–H groups in total. The number of fused-ring (bicyclic) bond motifs is 1. The average Bonchev–Trinajstić information content (AvgIpc) is 3.55. The Bertz CT molecular complexity index is 1540. The van der Waals surface area contributed by atoms with Crippen LogP contribution in [0.25, 0.3) is 0 Å². The van der Waals surface area contributed by atoms with E-state index in [1.54, 1.807) is 7.11 Å². The van der Waals surface area contributed by atoms with Crippen molar-refractivity contribution >= 4 is 11.6 Å². The van der Waals surface area contributed by atoms with Crippen molar-refractivity contribution in [3.05, 3.63) is 118 Å². The molecule has 1 aromatic heterocycles. The van der Waals surface area contributed by atoms with Crippen molar-refractivity contribution in [2.24, 2.45) is 5.92 Å². The zero-order valence-corrected chi connectivity index (χ0v) is 24.7. The highest BCUT2D eigenvalue weighted by Crippen LogP contribution is 2.43. The number of hydrogen-bond donors (Lipinski definition) is 0. The Morgan fingerprint density at radius 2 is 2.00 bits per heavy atom. The average molecular weight is 562 g/mol. The second-order valence-electron chi connectivity index (χ2n) is 12.0. The molecule has 2 aromatic rings. The Balaban J connectivity index is 1.20. The van der Waals surface area contributed by atoms with Gasteiger partial charge in [-0.15, -0.1) is 0 Å². The second kappa shape index (κ2) is 12.2. The fourth-order valence-corrected chi connectivity index (χ4v) is 6.96. The predicted molar refractivity (Wildman–Crippen MR) is 165 cm³/mol. The third-order valence-electron chi connectivity index (χ3n) is 9.31. The van der Waals surface area contributed by atoms with Gasteiger partial charge in [-0.1, -0.05) is 54.6 Å². The standard InChI is InChI=1S/C37H39NO4/c1-23-18-26(12-15-30(23)27-13-10-25(11-14-27)20-35(40)29-16-17-42-22-29)19-32-24(2)31(33-7-5-9-36(38-33)41-3)21-28-6-4-8-34(39)37(28)32/h4-7,9,12,15,18,20-21,27,29,31H,2,8,10-11,13-14,16-17,19,22H2,1,3H3. The fraction of sp³-hybridized carbons (Fsp3) is 0.378. The second-order valence-corrected chi connectivity index (χ2v) is 12.0. The van der Waals surface area contributed by atoms with Crippen LogP contribution >= 0.6 is 0 Å². The number of hydrogen-bond acceptors (Lipinski definition) is 5. The van der Waals surface area contributed by atoms with Crippen molar-refractivity contribution in [1.82, 2.24) is 4.98 Å². The van der Waals surface area contributed by atoms with E-state index in [0.29, 0.717) is 37.9 Å². The zero-order valence-electron chi connectivity index (χ0n) is 24.7. The smallest absolute Gasteiger partial charge is 0.213 e. The van der Waals surface area contributed by atoms with Crippen molar-refractivity contribution in [2.75, 3.05) is 20.3 Å². The van der Waals surface area contributed by atoms with E-state index in [-0.39, 0.29) is 23.4 Å². The van der Waals surface area contributed by atoms with E-state index in [0.717, 1.165) is 60.1 Å². The maximum Gasteiger partial charge on any atom is 0.213 e. The Hall–Kier alpha value is -3.83. The predicted octanol–water partition coefficient (Wildman–Crippen LogP) is 7.24. The number of ketones is 2. The molecule has 1 saturated heterocycles. The molecule has 5 heteroatoms. The summed E-state index contributed by atoms with van der Waals surface area (Å²) in [6.45, 7) is 7.98. The highest BCUT2D eigenvalue weighted by Gasteiger charge is 2.31. The van der Waals surface area contributed by atoms with Crippen molar-refractivity contribution in [3.63, 3.8) is 0 Å². The van der Waals surface area contributed by atoms with Crippen molar-refractivity contribution in [1.29, 1.82) is 0 Å². The quantitative estimate of drug-likeness (QED) is 0.334. The topological polar surface area (TPSA) is 65.5 Å². The van der Waals surface area contributed by atoms with Crippen LogP contribution in [0.15, 0.2) is 95.1 Å². The summed E-state index contributed by atoms with van der Waals surface area (Å²) >= 11 is 0. The van der Waals surface area contributed by atoms with E-state index in [2.05, 4.69) is 43.9 Å². The van der Waals surface area contributed by atoms with Crippen LogP contribution in [0.1, 0.15) is 72.7 Å². The maximum absolute atomic E-state index is 13.2. The van der Waals surface area contributed by atoms with Gasteiger partial charge in [-0.05, 0) is 96.9 Å². The number of allylic oxidation sites excluding steroid dienone is 9. The third kappa shape index (κ3) is 5.76. The lowest BCUT2D eigenvalue weighted by Crippen LogP contribution is -2.20. The van der Waals surface area contributed by atoms with Gasteiger partial charge >= 0.3 is 0 Å². The molecule has 42 heavy (non-hydrogen) atoms. The summed E-state index contributed by atoms with van der Waals surface area (Å²) in [5.74, 6) is 1.38. The van der Waals surface area contributed by atoms with Crippen LogP contribution in [-0.4, -0.2) is 36.9 Å². The molecular formula is C37H39NO4. The van der Waals surface area contributed by atoms with Crippen LogP contribution in [0.5, 0.6) is 5.88 Å². The van der Waals surface area contributed by atoms with E-state index >= 15 is 0 Å². The van der Waals surface area contributed by atoms with Gasteiger partial charge in [0, 0.05) is 36.5 Å². The van der Waals surface area contributed by atoms with Gasteiger partial charge in [0.25, 0.3) is 0 Å². The van der Waals surface area contributed by atoms with Gasteiger partial charge in [-0.25, -0.2) is 4.98 Å². The van der Waals surface area contributed by atoms with Gasteiger partial charge in [0.2, 0.25) is 5.88 Å². The summed E-state index contributed by atoms with van der Waals surface area (Å²) in [7, 11) is 1.62. The first kappa shape index (κ1) is 28.3. The van der Waals surface area contributed by atoms with Crippen molar-refractivity contribution in [3.8, 4) is 5.88 Å². The molecule has 1 aliphatic heterocycles. The summed E-state index contributed by atoms with van der Waals surface area (Å²) in [5.41, 5.74) is 9.70. The summed E-state index contributed by atoms with van der Waals surface area (Å²) in [5, 5.41) is 0. The van der Waals surface area contributed by atoms with Crippen molar-refractivity contribution < 1.29 is 19.1 Å². The first-order valence-electron chi connectivity index (χ1n) is 15.2. The monoisotopic (exact) mass is 561 g/mol. The van der Waals surface area contributed by atoms with Gasteiger partial charge in [-0.2, -0.15) is 0 Å². The number of aromatic nitrogens is 1. The number of carbonyl (C=O) groups is 2. The minimum atomic E-state index is -0.123. The van der Waals surface area contributed by atoms with E-state index in [1.807, 2.05) is 30.4 Å². The van der Waals surface area contributed by atoms with Gasteiger partial charge in [0.15, 0.2) is 11.6 Å². The van der Waals surface area contributed by atoms with Gasteiger partial charge < -0.3 is 9.47 Å².